The molecule has 2 aromatic heterocycles. The zero-order chi connectivity index (χ0) is 19.7. The van der Waals surface area contributed by atoms with Gasteiger partial charge in [-0.3, -0.25) is 19.0 Å². The summed E-state index contributed by atoms with van der Waals surface area (Å²) in [4.78, 5) is 45.1. The van der Waals surface area contributed by atoms with E-state index in [1.807, 2.05) is 6.07 Å². The van der Waals surface area contributed by atoms with Crippen LogP contribution in [-0.4, -0.2) is 57.3 Å². The second-order valence-corrected chi connectivity index (χ2v) is 7.41. The minimum Gasteiger partial charge on any atom is -0.459 e. The first-order valence-corrected chi connectivity index (χ1v) is 9.57. The summed E-state index contributed by atoms with van der Waals surface area (Å²) >= 11 is 3.35. The predicted octanol–water partition coefficient (Wildman–Crippen LogP) is 1.74. The van der Waals surface area contributed by atoms with E-state index in [4.69, 9.17) is 4.42 Å². The largest absolute Gasteiger partial charge is 0.459 e. The van der Waals surface area contributed by atoms with Gasteiger partial charge in [0, 0.05) is 30.7 Å². The number of rotatable bonds is 3. The summed E-state index contributed by atoms with van der Waals surface area (Å²) in [6.07, 6.45) is 2.86. The summed E-state index contributed by atoms with van der Waals surface area (Å²) in [5.74, 6) is -0.0688. The highest BCUT2D eigenvalue weighted by atomic mass is 79.9. The zero-order valence-electron chi connectivity index (χ0n) is 14.9. The van der Waals surface area contributed by atoms with Crippen molar-refractivity contribution in [2.75, 3.05) is 26.2 Å². The van der Waals surface area contributed by atoms with Crippen molar-refractivity contribution in [1.82, 2.24) is 19.4 Å². The number of carbonyl (C=O) groups is 2. The molecule has 0 bridgehead atoms. The van der Waals surface area contributed by atoms with Crippen LogP contribution in [0.2, 0.25) is 0 Å². The molecule has 0 spiro atoms. The maximum atomic E-state index is 12.6. The lowest BCUT2D eigenvalue weighted by molar-refractivity contribution is -0.133. The fourth-order valence-corrected chi connectivity index (χ4v) is 3.57. The van der Waals surface area contributed by atoms with Crippen molar-refractivity contribution < 1.29 is 14.0 Å². The minimum atomic E-state index is -0.258. The zero-order valence-corrected chi connectivity index (χ0v) is 16.5. The van der Waals surface area contributed by atoms with Crippen LogP contribution >= 0.6 is 15.9 Å². The minimum absolute atomic E-state index is 0.0829. The molecule has 2 amide bonds. The number of halogens is 1. The van der Waals surface area contributed by atoms with E-state index >= 15 is 0 Å². The van der Waals surface area contributed by atoms with Crippen LogP contribution in [0, 0.1) is 0 Å². The molecule has 0 atom stereocenters. The molecule has 0 N–H and O–H groups in total. The lowest BCUT2D eigenvalue weighted by Crippen LogP contribution is -2.51. The lowest BCUT2D eigenvalue weighted by atomic mass is 10.2. The molecule has 1 aromatic carbocycles. The maximum absolute atomic E-state index is 12.6. The van der Waals surface area contributed by atoms with Gasteiger partial charge >= 0.3 is 0 Å². The number of piperazine rings is 1. The van der Waals surface area contributed by atoms with E-state index in [0.29, 0.717) is 42.8 Å². The summed E-state index contributed by atoms with van der Waals surface area (Å²) < 4.78 is 7.23. The molecule has 144 valence electrons. The Labute approximate surface area is 168 Å². The third kappa shape index (κ3) is 3.57. The average molecular weight is 445 g/mol. The third-order valence-electron chi connectivity index (χ3n) is 4.74. The molecule has 9 heteroatoms. The molecule has 1 aliphatic heterocycles. The van der Waals surface area contributed by atoms with Crippen molar-refractivity contribution >= 4 is 38.6 Å². The molecular weight excluding hydrogens is 428 g/mol. The van der Waals surface area contributed by atoms with Gasteiger partial charge < -0.3 is 14.2 Å². The van der Waals surface area contributed by atoms with Crippen LogP contribution in [0.25, 0.3) is 10.9 Å². The monoisotopic (exact) mass is 444 g/mol. The molecule has 4 rings (SSSR count). The first kappa shape index (κ1) is 18.4. The number of fused-ring (bicyclic) bond motifs is 1. The molecule has 1 fully saturated rings. The summed E-state index contributed by atoms with van der Waals surface area (Å²) in [5, 5.41) is 0.457. The Balaban J connectivity index is 1.42. The van der Waals surface area contributed by atoms with Crippen molar-refractivity contribution in [2.45, 2.75) is 6.54 Å². The van der Waals surface area contributed by atoms with E-state index in [0.717, 1.165) is 4.47 Å². The van der Waals surface area contributed by atoms with Crippen molar-refractivity contribution in [3.8, 4) is 0 Å². The maximum Gasteiger partial charge on any atom is 0.289 e. The molecule has 3 aromatic rings. The van der Waals surface area contributed by atoms with Crippen molar-refractivity contribution in [1.29, 1.82) is 0 Å². The van der Waals surface area contributed by atoms with Gasteiger partial charge in [-0.1, -0.05) is 15.9 Å². The van der Waals surface area contributed by atoms with Crippen LogP contribution in [0.4, 0.5) is 0 Å². The number of aromatic nitrogens is 2. The molecule has 0 aliphatic carbocycles. The number of hydrogen-bond acceptors (Lipinski definition) is 5. The predicted molar refractivity (Wildman–Crippen MR) is 105 cm³/mol. The highest BCUT2D eigenvalue weighted by molar-refractivity contribution is 9.10. The quantitative estimate of drug-likeness (QED) is 0.613. The summed E-state index contributed by atoms with van der Waals surface area (Å²) in [6, 6.07) is 8.55. The molecule has 1 saturated heterocycles. The van der Waals surface area contributed by atoms with E-state index in [2.05, 4.69) is 20.9 Å². The Kier molecular flexibility index (Phi) is 4.99. The van der Waals surface area contributed by atoms with Crippen LogP contribution in [-0.2, 0) is 11.3 Å². The Morgan fingerprint density at radius 1 is 1.11 bits per heavy atom. The first-order chi connectivity index (χ1) is 13.5. The number of carbonyl (C=O) groups excluding carboxylic acids is 2. The number of benzene rings is 1. The van der Waals surface area contributed by atoms with Gasteiger partial charge in [-0.2, -0.15) is 0 Å². The highest BCUT2D eigenvalue weighted by Crippen LogP contribution is 2.15. The van der Waals surface area contributed by atoms with E-state index in [1.54, 1.807) is 34.1 Å². The van der Waals surface area contributed by atoms with E-state index < -0.39 is 0 Å². The molecule has 28 heavy (non-hydrogen) atoms. The standard InChI is InChI=1S/C19H17BrN4O4/c20-13-3-4-15-14(10-13)18(26)24(12-21-15)11-17(25)22-5-7-23(8-6-22)19(27)16-2-1-9-28-16/h1-4,9-10,12H,5-8,11H2. The number of amides is 2. The van der Waals surface area contributed by atoms with Crippen molar-refractivity contribution in [3.63, 3.8) is 0 Å². The highest BCUT2D eigenvalue weighted by Gasteiger charge is 2.26. The summed E-state index contributed by atoms with van der Waals surface area (Å²) in [5.41, 5.74) is 0.327. The Bertz CT molecular complexity index is 1090. The molecule has 8 nitrogen and oxygen atoms in total. The molecule has 3 heterocycles. The Morgan fingerprint density at radius 3 is 2.57 bits per heavy atom. The Morgan fingerprint density at radius 2 is 1.86 bits per heavy atom. The van der Waals surface area contributed by atoms with Crippen LogP contribution < -0.4 is 5.56 Å². The summed E-state index contributed by atoms with van der Waals surface area (Å²) in [6.45, 7) is 1.58. The van der Waals surface area contributed by atoms with Gasteiger partial charge in [0.05, 0.1) is 23.5 Å². The molecule has 1 aliphatic rings. The van der Waals surface area contributed by atoms with Gasteiger partial charge in [-0.15, -0.1) is 0 Å². The fraction of sp³-hybridized carbons (Fsp3) is 0.263. The van der Waals surface area contributed by atoms with Gasteiger partial charge in [-0.25, -0.2) is 4.98 Å². The van der Waals surface area contributed by atoms with E-state index in [-0.39, 0.29) is 23.9 Å². The number of nitrogens with zero attached hydrogens (tertiary/aromatic N) is 4. The van der Waals surface area contributed by atoms with Crippen LogP contribution in [0.5, 0.6) is 0 Å². The Hall–Kier alpha value is -2.94. The average Bonchev–Trinajstić information content (AvgIpc) is 3.25. The molecule has 0 radical (unpaired) electrons. The van der Waals surface area contributed by atoms with Gasteiger partial charge in [0.1, 0.15) is 6.54 Å². The topological polar surface area (TPSA) is 88.7 Å². The molecular formula is C19H17BrN4O4. The van der Waals surface area contributed by atoms with Crippen molar-refractivity contribution in [2.24, 2.45) is 0 Å². The van der Waals surface area contributed by atoms with E-state index in [1.165, 1.54) is 17.2 Å². The normalized spacial score (nSPS) is 14.5. The second-order valence-electron chi connectivity index (χ2n) is 6.49. The van der Waals surface area contributed by atoms with Crippen LogP contribution in [0.3, 0.4) is 0 Å². The van der Waals surface area contributed by atoms with Crippen molar-refractivity contribution in [3.05, 3.63) is 63.5 Å². The van der Waals surface area contributed by atoms with Gasteiger partial charge in [0.15, 0.2) is 5.76 Å². The number of furan rings is 1. The number of hydrogen-bond donors (Lipinski definition) is 0. The smallest absolute Gasteiger partial charge is 0.289 e. The SMILES string of the molecule is O=C(Cn1cnc2ccc(Br)cc2c1=O)N1CCN(C(=O)c2ccco2)CC1. The summed E-state index contributed by atoms with van der Waals surface area (Å²) in [7, 11) is 0. The van der Waals surface area contributed by atoms with Gasteiger partial charge in [0.2, 0.25) is 5.91 Å². The molecule has 0 unspecified atom stereocenters. The van der Waals surface area contributed by atoms with Gasteiger partial charge in [0.25, 0.3) is 11.5 Å². The first-order valence-electron chi connectivity index (χ1n) is 8.78. The molecule has 0 saturated carbocycles. The third-order valence-corrected chi connectivity index (χ3v) is 5.24. The lowest BCUT2D eigenvalue weighted by Gasteiger charge is -2.34. The van der Waals surface area contributed by atoms with Crippen LogP contribution in [0.15, 0.2) is 56.6 Å². The second kappa shape index (κ2) is 7.59. The van der Waals surface area contributed by atoms with Crippen LogP contribution in [0.1, 0.15) is 10.6 Å². The van der Waals surface area contributed by atoms with Gasteiger partial charge in [-0.05, 0) is 30.3 Å². The van der Waals surface area contributed by atoms with E-state index in [9.17, 15) is 14.4 Å². The fourth-order valence-electron chi connectivity index (χ4n) is 3.20.